The molecule has 0 atom stereocenters. The molecule has 0 aliphatic carbocycles. The molecule has 1 N–H and O–H groups in total. The molecule has 8 heteroatoms. The SMILES string of the molecule is CSCCCNc1nc(Cl)nc(C)c1[N+](=O)[O-]. The normalized spacial score (nSPS) is 10.3. The predicted octanol–water partition coefficient (Wildman–Crippen LogP) is 2.51. The molecular weight excluding hydrogens is 264 g/mol. The van der Waals surface area contributed by atoms with E-state index in [1.54, 1.807) is 18.7 Å². The van der Waals surface area contributed by atoms with Crippen LogP contribution in [0.25, 0.3) is 0 Å². The van der Waals surface area contributed by atoms with E-state index in [4.69, 9.17) is 11.6 Å². The highest BCUT2D eigenvalue weighted by Gasteiger charge is 2.21. The zero-order valence-electron chi connectivity index (χ0n) is 9.57. The molecule has 0 amide bonds. The van der Waals surface area contributed by atoms with Crippen LogP contribution in [0.1, 0.15) is 12.1 Å². The Morgan fingerprint density at radius 3 is 2.82 bits per heavy atom. The van der Waals surface area contributed by atoms with Crippen LogP contribution in [0.2, 0.25) is 5.28 Å². The van der Waals surface area contributed by atoms with Crippen LogP contribution in [0, 0.1) is 17.0 Å². The van der Waals surface area contributed by atoms with E-state index in [0.29, 0.717) is 6.54 Å². The van der Waals surface area contributed by atoms with Crippen molar-refractivity contribution in [3.05, 3.63) is 21.1 Å². The Hall–Kier alpha value is -1.08. The topological polar surface area (TPSA) is 81.0 Å². The van der Waals surface area contributed by atoms with E-state index in [1.807, 2.05) is 6.26 Å². The van der Waals surface area contributed by atoms with Gasteiger partial charge in [-0.2, -0.15) is 16.7 Å². The van der Waals surface area contributed by atoms with Crippen molar-refractivity contribution in [3.8, 4) is 0 Å². The van der Waals surface area contributed by atoms with Gasteiger partial charge in [-0.3, -0.25) is 10.1 Å². The van der Waals surface area contributed by atoms with Crippen LogP contribution in [0.5, 0.6) is 0 Å². The van der Waals surface area contributed by atoms with E-state index < -0.39 is 4.92 Å². The van der Waals surface area contributed by atoms with Crippen LogP contribution in [0.3, 0.4) is 0 Å². The Morgan fingerprint density at radius 2 is 2.24 bits per heavy atom. The number of hydrogen-bond donors (Lipinski definition) is 1. The minimum absolute atomic E-state index is 0.0143. The van der Waals surface area contributed by atoms with E-state index in [-0.39, 0.29) is 22.5 Å². The van der Waals surface area contributed by atoms with Crippen molar-refractivity contribution in [1.29, 1.82) is 0 Å². The molecule has 6 nitrogen and oxygen atoms in total. The molecule has 0 aliphatic rings. The number of anilines is 1. The summed E-state index contributed by atoms with van der Waals surface area (Å²) in [5.74, 6) is 1.17. The zero-order chi connectivity index (χ0) is 12.8. The Morgan fingerprint density at radius 1 is 1.53 bits per heavy atom. The first-order valence-electron chi connectivity index (χ1n) is 4.97. The first-order chi connectivity index (χ1) is 8.06. The van der Waals surface area contributed by atoms with Crippen LogP contribution >= 0.6 is 23.4 Å². The molecule has 1 heterocycles. The fraction of sp³-hybridized carbons (Fsp3) is 0.556. The van der Waals surface area contributed by atoms with Crippen LogP contribution in [0.4, 0.5) is 11.5 Å². The number of nitrogens with one attached hydrogen (secondary N) is 1. The van der Waals surface area contributed by atoms with Crippen LogP contribution < -0.4 is 5.32 Å². The Bertz CT molecular complexity index is 416. The number of halogens is 1. The second-order valence-corrected chi connectivity index (χ2v) is 4.63. The Labute approximate surface area is 108 Å². The summed E-state index contributed by atoms with van der Waals surface area (Å²) in [6.45, 7) is 2.16. The monoisotopic (exact) mass is 276 g/mol. The number of aryl methyl sites for hydroxylation is 1. The summed E-state index contributed by atoms with van der Waals surface area (Å²) in [4.78, 5) is 18.0. The summed E-state index contributed by atoms with van der Waals surface area (Å²) in [5, 5.41) is 13.8. The fourth-order valence-electron chi connectivity index (χ4n) is 1.30. The summed E-state index contributed by atoms with van der Waals surface area (Å²) >= 11 is 7.40. The highest BCUT2D eigenvalue weighted by molar-refractivity contribution is 7.98. The van der Waals surface area contributed by atoms with Crippen molar-refractivity contribution in [3.63, 3.8) is 0 Å². The van der Waals surface area contributed by atoms with Gasteiger partial charge in [0, 0.05) is 6.54 Å². The molecule has 0 fully saturated rings. The summed E-state index contributed by atoms with van der Waals surface area (Å²) in [6.07, 6.45) is 2.91. The van der Waals surface area contributed by atoms with Gasteiger partial charge in [0.15, 0.2) is 0 Å². The lowest BCUT2D eigenvalue weighted by Gasteiger charge is -2.07. The van der Waals surface area contributed by atoms with Gasteiger partial charge in [0.2, 0.25) is 11.1 Å². The van der Waals surface area contributed by atoms with Gasteiger partial charge in [0.05, 0.1) is 4.92 Å². The molecule has 1 rings (SSSR count). The molecule has 0 aliphatic heterocycles. The molecule has 0 spiro atoms. The number of rotatable bonds is 6. The molecule has 94 valence electrons. The van der Waals surface area contributed by atoms with Gasteiger partial charge in [-0.05, 0) is 37.0 Å². The maximum Gasteiger partial charge on any atom is 0.332 e. The second-order valence-electron chi connectivity index (χ2n) is 3.31. The highest BCUT2D eigenvalue weighted by atomic mass is 35.5. The molecule has 0 saturated carbocycles. The van der Waals surface area contributed by atoms with Gasteiger partial charge in [0.25, 0.3) is 0 Å². The quantitative estimate of drug-likeness (QED) is 0.372. The molecule has 0 unspecified atom stereocenters. The Balaban J connectivity index is 2.85. The molecule has 1 aromatic heterocycles. The first kappa shape index (κ1) is 14.0. The lowest BCUT2D eigenvalue weighted by molar-refractivity contribution is -0.385. The second kappa shape index (κ2) is 6.61. The lowest BCUT2D eigenvalue weighted by atomic mass is 10.3. The molecular formula is C9H13ClN4O2S. The molecule has 1 aromatic rings. The van der Waals surface area contributed by atoms with E-state index in [9.17, 15) is 10.1 Å². The molecule has 0 radical (unpaired) electrons. The molecule has 0 bridgehead atoms. The molecule has 17 heavy (non-hydrogen) atoms. The number of nitrogens with zero attached hydrogens (tertiary/aromatic N) is 3. The van der Waals surface area contributed by atoms with Gasteiger partial charge in [-0.25, -0.2) is 4.98 Å². The predicted molar refractivity (Wildman–Crippen MR) is 69.9 cm³/mol. The van der Waals surface area contributed by atoms with E-state index in [0.717, 1.165) is 12.2 Å². The average Bonchev–Trinajstić information content (AvgIpc) is 2.22. The van der Waals surface area contributed by atoms with Gasteiger partial charge < -0.3 is 5.32 Å². The highest BCUT2D eigenvalue weighted by Crippen LogP contribution is 2.26. The van der Waals surface area contributed by atoms with E-state index in [1.165, 1.54) is 0 Å². The first-order valence-corrected chi connectivity index (χ1v) is 6.74. The summed E-state index contributed by atoms with van der Waals surface area (Å²) in [7, 11) is 0. The third-order valence-corrected chi connectivity index (χ3v) is 2.90. The maximum absolute atomic E-state index is 10.9. The lowest BCUT2D eigenvalue weighted by Crippen LogP contribution is -2.09. The number of thioether (sulfide) groups is 1. The van der Waals surface area contributed by atoms with E-state index >= 15 is 0 Å². The van der Waals surface area contributed by atoms with E-state index in [2.05, 4.69) is 15.3 Å². The van der Waals surface area contributed by atoms with Crippen LogP contribution in [-0.4, -0.2) is 33.4 Å². The summed E-state index contributed by atoms with van der Waals surface area (Å²) in [6, 6.07) is 0. The van der Waals surface area contributed by atoms with Crippen molar-refractivity contribution in [2.45, 2.75) is 13.3 Å². The van der Waals surface area contributed by atoms with Crippen LogP contribution in [-0.2, 0) is 0 Å². The number of aromatic nitrogens is 2. The van der Waals surface area contributed by atoms with Gasteiger partial charge in [-0.15, -0.1) is 0 Å². The van der Waals surface area contributed by atoms with Gasteiger partial charge >= 0.3 is 5.69 Å². The van der Waals surface area contributed by atoms with Crippen molar-refractivity contribution in [1.82, 2.24) is 9.97 Å². The molecule has 0 aromatic carbocycles. The summed E-state index contributed by atoms with van der Waals surface area (Å²) in [5.41, 5.74) is 0.154. The van der Waals surface area contributed by atoms with Crippen molar-refractivity contribution >= 4 is 34.9 Å². The Kier molecular flexibility index (Phi) is 5.43. The smallest absolute Gasteiger partial charge is 0.332 e. The largest absolute Gasteiger partial charge is 0.364 e. The van der Waals surface area contributed by atoms with Gasteiger partial charge in [0.1, 0.15) is 5.69 Å². The molecule has 0 saturated heterocycles. The maximum atomic E-state index is 10.9. The number of nitro groups is 1. The third kappa shape index (κ3) is 4.01. The number of hydrogen-bond acceptors (Lipinski definition) is 6. The standard InChI is InChI=1S/C9H13ClN4O2S/c1-6-7(14(15)16)8(13-9(10)12-6)11-4-3-5-17-2/h3-5H2,1-2H3,(H,11,12,13). The van der Waals surface area contributed by atoms with Gasteiger partial charge in [-0.1, -0.05) is 0 Å². The van der Waals surface area contributed by atoms with Crippen LogP contribution in [0.15, 0.2) is 0 Å². The fourth-order valence-corrected chi connectivity index (χ4v) is 1.94. The zero-order valence-corrected chi connectivity index (χ0v) is 11.1. The minimum Gasteiger partial charge on any atom is -0.364 e. The summed E-state index contributed by atoms with van der Waals surface area (Å²) < 4.78 is 0. The van der Waals surface area contributed by atoms with Crippen molar-refractivity contribution in [2.24, 2.45) is 0 Å². The van der Waals surface area contributed by atoms with Crippen molar-refractivity contribution in [2.75, 3.05) is 23.9 Å². The third-order valence-electron chi connectivity index (χ3n) is 2.03. The average molecular weight is 277 g/mol. The minimum atomic E-state index is -0.497. The van der Waals surface area contributed by atoms with Crippen molar-refractivity contribution < 1.29 is 4.92 Å².